The summed E-state index contributed by atoms with van der Waals surface area (Å²) in [6.45, 7) is 4.42. The Morgan fingerprint density at radius 3 is 2.46 bits per heavy atom. The quantitative estimate of drug-likeness (QED) is 0.515. The van der Waals surface area contributed by atoms with Crippen molar-refractivity contribution < 1.29 is 13.2 Å². The molecule has 0 fully saturated rings. The number of rotatable bonds is 9. The van der Waals surface area contributed by atoms with Crippen LogP contribution >= 0.6 is 23.2 Å². The summed E-state index contributed by atoms with van der Waals surface area (Å²) in [6, 6.07) is 7.19. The average Bonchev–Trinajstić information content (AvgIpc) is 2.66. The van der Waals surface area contributed by atoms with E-state index in [2.05, 4.69) is 20.3 Å². The van der Waals surface area contributed by atoms with Gasteiger partial charge in [0, 0.05) is 30.9 Å². The molecule has 1 aromatic carbocycles. The second-order valence-corrected chi connectivity index (χ2v) is 8.68. The topological polar surface area (TPSA) is 100 Å². The van der Waals surface area contributed by atoms with Gasteiger partial charge in [0.25, 0.3) is 5.91 Å². The number of aromatic nitrogens is 1. The van der Waals surface area contributed by atoms with Crippen LogP contribution in [0.4, 0.5) is 5.82 Å². The minimum absolute atomic E-state index is 0.120. The van der Waals surface area contributed by atoms with E-state index in [0.717, 1.165) is 0 Å². The van der Waals surface area contributed by atoms with E-state index in [1.807, 2.05) is 6.92 Å². The number of anilines is 1. The molecular weight excluding hydrogens is 423 g/mol. The second-order valence-electron chi connectivity index (χ2n) is 6.12. The number of nitrogens with one attached hydrogen (secondary N) is 3. The van der Waals surface area contributed by atoms with Gasteiger partial charge in [-0.3, -0.25) is 4.79 Å². The van der Waals surface area contributed by atoms with Crippen molar-refractivity contribution >= 4 is 45.0 Å². The Hall–Kier alpha value is -1.87. The molecule has 3 N–H and O–H groups in total. The lowest BCUT2D eigenvalue weighted by Gasteiger charge is -2.12. The molecule has 7 nitrogen and oxygen atoms in total. The number of halogens is 2. The van der Waals surface area contributed by atoms with E-state index in [1.54, 1.807) is 13.0 Å². The lowest BCUT2D eigenvalue weighted by Crippen LogP contribution is -2.32. The van der Waals surface area contributed by atoms with Gasteiger partial charge in [0.1, 0.15) is 5.82 Å². The molecule has 152 valence electrons. The minimum atomic E-state index is -3.59. The van der Waals surface area contributed by atoms with Crippen LogP contribution in [0.25, 0.3) is 0 Å². The van der Waals surface area contributed by atoms with E-state index >= 15 is 0 Å². The van der Waals surface area contributed by atoms with Crippen LogP contribution in [0.2, 0.25) is 10.0 Å². The maximum atomic E-state index is 12.2. The Bertz CT molecular complexity index is 921. The maximum Gasteiger partial charge on any atom is 0.251 e. The third kappa shape index (κ3) is 6.34. The number of nitrogens with zero attached hydrogens (tertiary/aromatic N) is 1. The van der Waals surface area contributed by atoms with Crippen molar-refractivity contribution in [1.82, 2.24) is 15.0 Å². The Kier molecular flexibility index (Phi) is 8.06. The normalized spacial score (nSPS) is 12.4. The van der Waals surface area contributed by atoms with E-state index in [-0.39, 0.29) is 16.8 Å². The lowest BCUT2D eigenvalue weighted by atomic mass is 10.2. The molecule has 0 saturated heterocycles. The van der Waals surface area contributed by atoms with Crippen molar-refractivity contribution in [3.05, 3.63) is 52.1 Å². The SMILES string of the molecule is CCC(C)NS(=O)(=O)c1ccc(C(=O)NCCNc2ncc(Cl)cc2Cl)cc1. The number of benzene rings is 1. The zero-order valence-corrected chi connectivity index (χ0v) is 17.8. The molecule has 1 aromatic heterocycles. The lowest BCUT2D eigenvalue weighted by molar-refractivity contribution is 0.0955. The molecule has 0 aliphatic heterocycles. The van der Waals surface area contributed by atoms with Crippen LogP contribution < -0.4 is 15.4 Å². The summed E-state index contributed by atoms with van der Waals surface area (Å²) < 4.78 is 27.0. The first-order valence-corrected chi connectivity index (χ1v) is 10.9. The Morgan fingerprint density at radius 2 is 1.86 bits per heavy atom. The van der Waals surface area contributed by atoms with Gasteiger partial charge < -0.3 is 10.6 Å². The van der Waals surface area contributed by atoms with E-state index in [4.69, 9.17) is 23.2 Å². The van der Waals surface area contributed by atoms with E-state index < -0.39 is 10.0 Å². The summed E-state index contributed by atoms with van der Waals surface area (Å²) in [6.07, 6.45) is 2.16. The number of sulfonamides is 1. The van der Waals surface area contributed by atoms with Crippen molar-refractivity contribution in [3.8, 4) is 0 Å². The predicted octanol–water partition coefficient (Wildman–Crippen LogP) is 3.31. The van der Waals surface area contributed by atoms with Crippen LogP contribution in [0.3, 0.4) is 0 Å². The average molecular weight is 445 g/mol. The molecular formula is C18H22Cl2N4O3S. The Labute approximate surface area is 174 Å². The van der Waals surface area contributed by atoms with Crippen molar-refractivity contribution in [3.63, 3.8) is 0 Å². The molecule has 1 unspecified atom stereocenters. The highest BCUT2D eigenvalue weighted by atomic mass is 35.5. The highest BCUT2D eigenvalue weighted by Crippen LogP contribution is 2.22. The first-order valence-electron chi connectivity index (χ1n) is 8.68. The zero-order valence-electron chi connectivity index (χ0n) is 15.5. The molecule has 0 spiro atoms. The monoisotopic (exact) mass is 444 g/mol. The van der Waals surface area contributed by atoms with Gasteiger partial charge >= 0.3 is 0 Å². The van der Waals surface area contributed by atoms with Crippen molar-refractivity contribution in [2.45, 2.75) is 31.2 Å². The molecule has 0 bridgehead atoms. The second kappa shape index (κ2) is 10.1. The number of carbonyl (C=O) groups is 1. The minimum Gasteiger partial charge on any atom is -0.367 e. The highest BCUT2D eigenvalue weighted by Gasteiger charge is 2.17. The standard InChI is InChI=1S/C18H22Cl2N4O3S/c1-3-12(2)24-28(26,27)15-6-4-13(5-7-15)18(25)22-9-8-21-17-16(20)10-14(19)11-23-17/h4-7,10-12,24H,3,8-9H2,1-2H3,(H,21,23)(H,22,25). The van der Waals surface area contributed by atoms with Gasteiger partial charge in [-0.25, -0.2) is 18.1 Å². The van der Waals surface area contributed by atoms with Gasteiger partial charge in [-0.2, -0.15) is 0 Å². The molecule has 2 rings (SSSR count). The Morgan fingerprint density at radius 1 is 1.18 bits per heavy atom. The summed E-state index contributed by atoms with van der Waals surface area (Å²) in [4.78, 5) is 16.4. The van der Waals surface area contributed by atoms with Crippen LogP contribution in [0, 0.1) is 0 Å². The number of pyridine rings is 1. The third-order valence-electron chi connectivity index (χ3n) is 3.91. The molecule has 0 aliphatic carbocycles. The van der Waals surface area contributed by atoms with Gasteiger partial charge in [0.15, 0.2) is 0 Å². The van der Waals surface area contributed by atoms with Crippen molar-refractivity contribution in [1.29, 1.82) is 0 Å². The number of amides is 1. The summed E-state index contributed by atoms with van der Waals surface area (Å²) in [5.74, 6) is 0.166. The Balaban J connectivity index is 1.87. The number of hydrogen-bond donors (Lipinski definition) is 3. The van der Waals surface area contributed by atoms with E-state index in [9.17, 15) is 13.2 Å². The molecule has 0 saturated carbocycles. The van der Waals surface area contributed by atoms with Crippen LogP contribution in [0.15, 0.2) is 41.4 Å². The molecule has 28 heavy (non-hydrogen) atoms. The fourth-order valence-corrected chi connectivity index (χ4v) is 3.98. The molecule has 1 amide bonds. The van der Waals surface area contributed by atoms with Crippen molar-refractivity contribution in [2.75, 3.05) is 18.4 Å². The molecule has 2 aromatic rings. The van der Waals surface area contributed by atoms with Gasteiger partial charge in [0.05, 0.1) is 14.9 Å². The number of hydrogen-bond acceptors (Lipinski definition) is 5. The zero-order chi connectivity index (χ0) is 20.7. The molecule has 10 heteroatoms. The van der Waals surface area contributed by atoms with Gasteiger partial charge in [0.2, 0.25) is 10.0 Å². The van der Waals surface area contributed by atoms with Crippen LogP contribution in [0.1, 0.15) is 30.6 Å². The molecule has 0 radical (unpaired) electrons. The molecule has 1 heterocycles. The summed E-state index contributed by atoms with van der Waals surface area (Å²) in [5.41, 5.74) is 0.366. The smallest absolute Gasteiger partial charge is 0.251 e. The van der Waals surface area contributed by atoms with Crippen molar-refractivity contribution in [2.24, 2.45) is 0 Å². The fraction of sp³-hybridized carbons (Fsp3) is 0.333. The summed E-state index contributed by atoms with van der Waals surface area (Å²) >= 11 is 11.8. The van der Waals surface area contributed by atoms with Crippen LogP contribution in [-0.2, 0) is 10.0 Å². The van der Waals surface area contributed by atoms with E-state index in [1.165, 1.54) is 30.5 Å². The fourth-order valence-electron chi connectivity index (χ4n) is 2.21. The van der Waals surface area contributed by atoms with Gasteiger partial charge in [-0.1, -0.05) is 30.1 Å². The van der Waals surface area contributed by atoms with E-state index in [0.29, 0.717) is 40.9 Å². The summed E-state index contributed by atoms with van der Waals surface area (Å²) in [5, 5.41) is 6.56. The molecule has 1 atom stereocenters. The summed E-state index contributed by atoms with van der Waals surface area (Å²) in [7, 11) is -3.59. The largest absolute Gasteiger partial charge is 0.367 e. The number of carbonyl (C=O) groups excluding carboxylic acids is 1. The van der Waals surface area contributed by atoms with Gasteiger partial charge in [-0.15, -0.1) is 0 Å². The third-order valence-corrected chi connectivity index (χ3v) is 6.01. The van der Waals surface area contributed by atoms with Crippen LogP contribution in [0.5, 0.6) is 0 Å². The maximum absolute atomic E-state index is 12.2. The first-order chi connectivity index (χ1) is 13.2. The molecule has 0 aliphatic rings. The first kappa shape index (κ1) is 22.4. The predicted molar refractivity (Wildman–Crippen MR) is 112 cm³/mol. The van der Waals surface area contributed by atoms with Crippen LogP contribution in [-0.4, -0.2) is 38.4 Å². The van der Waals surface area contributed by atoms with Gasteiger partial charge in [-0.05, 0) is 43.7 Å². The highest BCUT2D eigenvalue weighted by molar-refractivity contribution is 7.89.